The Bertz CT molecular complexity index is 355. The van der Waals surface area contributed by atoms with Crippen LogP contribution in [0.5, 0.6) is 0 Å². The second kappa shape index (κ2) is 4.74. The number of hydrogen-bond acceptors (Lipinski definition) is 3. The molecule has 86 valence electrons. The summed E-state index contributed by atoms with van der Waals surface area (Å²) in [6.45, 7) is 3.93. The highest BCUT2D eigenvalue weighted by atomic mass is 16.1. The minimum atomic E-state index is -0.179. The molecule has 1 unspecified atom stereocenters. The Labute approximate surface area is 96.3 Å². The van der Waals surface area contributed by atoms with E-state index in [1.807, 2.05) is 12.1 Å². The zero-order chi connectivity index (χ0) is 11.4. The lowest BCUT2D eigenvalue weighted by Gasteiger charge is -2.32. The molecule has 1 fully saturated rings. The molecular formula is C13H18N2O. The van der Waals surface area contributed by atoms with Gasteiger partial charge in [-0.3, -0.25) is 9.78 Å². The maximum absolute atomic E-state index is 12.2. The molecule has 16 heavy (non-hydrogen) atoms. The SMILES string of the molecule is CC1(C(=O)Cc2ccncc2)CCCNC1. The summed E-state index contributed by atoms with van der Waals surface area (Å²) in [6, 6.07) is 3.83. The van der Waals surface area contributed by atoms with Gasteiger partial charge in [0.15, 0.2) is 0 Å². The Balaban J connectivity index is 2.02. The second-order valence-corrected chi connectivity index (χ2v) is 4.80. The number of Topliss-reactive ketones (excluding diaryl/α,β-unsaturated/α-hetero) is 1. The van der Waals surface area contributed by atoms with Crippen molar-refractivity contribution < 1.29 is 4.79 Å². The summed E-state index contributed by atoms with van der Waals surface area (Å²) in [6.07, 6.45) is 6.11. The van der Waals surface area contributed by atoms with Gasteiger partial charge in [-0.1, -0.05) is 6.92 Å². The minimum absolute atomic E-state index is 0.179. The van der Waals surface area contributed by atoms with Crippen molar-refractivity contribution in [3.8, 4) is 0 Å². The minimum Gasteiger partial charge on any atom is -0.316 e. The summed E-state index contributed by atoms with van der Waals surface area (Å²) in [4.78, 5) is 16.2. The van der Waals surface area contributed by atoms with E-state index in [0.29, 0.717) is 12.2 Å². The Morgan fingerprint density at radius 2 is 2.25 bits per heavy atom. The summed E-state index contributed by atoms with van der Waals surface area (Å²) in [5.74, 6) is 0.339. The van der Waals surface area contributed by atoms with Crippen molar-refractivity contribution >= 4 is 5.78 Å². The summed E-state index contributed by atoms with van der Waals surface area (Å²) in [5, 5.41) is 3.31. The molecule has 0 saturated carbocycles. The molecule has 0 radical (unpaired) electrons. The van der Waals surface area contributed by atoms with Gasteiger partial charge in [0.2, 0.25) is 0 Å². The van der Waals surface area contributed by atoms with Crippen molar-refractivity contribution in [2.75, 3.05) is 13.1 Å². The summed E-state index contributed by atoms with van der Waals surface area (Å²) in [7, 11) is 0. The van der Waals surface area contributed by atoms with Crippen LogP contribution in [0.2, 0.25) is 0 Å². The number of carbonyl (C=O) groups is 1. The average molecular weight is 218 g/mol. The largest absolute Gasteiger partial charge is 0.316 e. The molecule has 1 atom stereocenters. The number of piperidine rings is 1. The molecule has 0 amide bonds. The lowest BCUT2D eigenvalue weighted by Crippen LogP contribution is -2.44. The molecule has 1 aliphatic heterocycles. The number of ketones is 1. The van der Waals surface area contributed by atoms with E-state index >= 15 is 0 Å². The third-order valence-electron chi connectivity index (χ3n) is 3.38. The van der Waals surface area contributed by atoms with Gasteiger partial charge in [-0.15, -0.1) is 0 Å². The van der Waals surface area contributed by atoms with Crippen LogP contribution in [0.15, 0.2) is 24.5 Å². The monoisotopic (exact) mass is 218 g/mol. The quantitative estimate of drug-likeness (QED) is 0.837. The number of aromatic nitrogens is 1. The standard InChI is InChI=1S/C13H18N2O/c1-13(5-2-6-15-10-13)12(16)9-11-3-7-14-8-4-11/h3-4,7-8,15H,2,5-6,9-10H2,1H3. The maximum Gasteiger partial charge on any atom is 0.144 e. The van der Waals surface area contributed by atoms with Crippen LogP contribution in [-0.4, -0.2) is 23.9 Å². The van der Waals surface area contributed by atoms with E-state index in [4.69, 9.17) is 0 Å². The highest BCUT2D eigenvalue weighted by Gasteiger charge is 2.33. The topological polar surface area (TPSA) is 42.0 Å². The third kappa shape index (κ3) is 2.47. The number of rotatable bonds is 3. The van der Waals surface area contributed by atoms with Crippen molar-refractivity contribution in [3.05, 3.63) is 30.1 Å². The predicted molar refractivity (Wildman–Crippen MR) is 63.2 cm³/mol. The molecule has 1 aromatic rings. The zero-order valence-corrected chi connectivity index (χ0v) is 9.70. The fourth-order valence-corrected chi connectivity index (χ4v) is 2.19. The molecule has 3 nitrogen and oxygen atoms in total. The fourth-order valence-electron chi connectivity index (χ4n) is 2.19. The van der Waals surface area contributed by atoms with Crippen LogP contribution in [0.3, 0.4) is 0 Å². The molecule has 1 aromatic heterocycles. The lowest BCUT2D eigenvalue weighted by atomic mass is 9.77. The summed E-state index contributed by atoms with van der Waals surface area (Å²) >= 11 is 0. The molecule has 1 N–H and O–H groups in total. The van der Waals surface area contributed by atoms with Gasteiger partial charge in [0.1, 0.15) is 5.78 Å². The molecule has 1 aliphatic rings. The Kier molecular flexibility index (Phi) is 3.34. The number of nitrogens with zero attached hydrogens (tertiary/aromatic N) is 1. The maximum atomic E-state index is 12.2. The second-order valence-electron chi connectivity index (χ2n) is 4.80. The van der Waals surface area contributed by atoms with Gasteiger partial charge in [-0.2, -0.15) is 0 Å². The van der Waals surface area contributed by atoms with Gasteiger partial charge in [0.25, 0.3) is 0 Å². The molecule has 1 saturated heterocycles. The van der Waals surface area contributed by atoms with Crippen LogP contribution >= 0.6 is 0 Å². The number of nitrogens with one attached hydrogen (secondary N) is 1. The predicted octanol–water partition coefficient (Wildman–Crippen LogP) is 1.58. The van der Waals surface area contributed by atoms with Gasteiger partial charge < -0.3 is 5.32 Å². The zero-order valence-electron chi connectivity index (χ0n) is 9.70. The summed E-state index contributed by atoms with van der Waals surface area (Å²) in [5.41, 5.74) is 0.883. The first-order valence-corrected chi connectivity index (χ1v) is 5.84. The van der Waals surface area contributed by atoms with E-state index in [1.165, 1.54) is 0 Å². The van der Waals surface area contributed by atoms with E-state index < -0.39 is 0 Å². The lowest BCUT2D eigenvalue weighted by molar-refractivity contribution is -0.128. The molecule has 0 aliphatic carbocycles. The van der Waals surface area contributed by atoms with E-state index in [-0.39, 0.29) is 5.41 Å². The Morgan fingerprint density at radius 3 is 2.88 bits per heavy atom. The van der Waals surface area contributed by atoms with E-state index in [1.54, 1.807) is 12.4 Å². The van der Waals surface area contributed by atoms with Gasteiger partial charge in [-0.05, 0) is 37.1 Å². The van der Waals surface area contributed by atoms with E-state index in [2.05, 4.69) is 17.2 Å². The van der Waals surface area contributed by atoms with Crippen LogP contribution in [0.1, 0.15) is 25.3 Å². The Hall–Kier alpha value is -1.22. The van der Waals surface area contributed by atoms with Crippen LogP contribution in [-0.2, 0) is 11.2 Å². The van der Waals surface area contributed by atoms with E-state index in [9.17, 15) is 4.79 Å². The molecule has 0 bridgehead atoms. The van der Waals surface area contributed by atoms with Crippen LogP contribution in [0.25, 0.3) is 0 Å². The first kappa shape index (κ1) is 11.3. The van der Waals surface area contributed by atoms with Crippen molar-refractivity contribution in [2.24, 2.45) is 5.41 Å². The van der Waals surface area contributed by atoms with Crippen LogP contribution < -0.4 is 5.32 Å². The number of carbonyl (C=O) groups excluding carboxylic acids is 1. The molecule has 0 spiro atoms. The average Bonchev–Trinajstić information content (AvgIpc) is 2.31. The highest BCUT2D eigenvalue weighted by Crippen LogP contribution is 2.27. The third-order valence-corrected chi connectivity index (χ3v) is 3.38. The van der Waals surface area contributed by atoms with Crippen molar-refractivity contribution in [1.29, 1.82) is 0 Å². The molecule has 0 aromatic carbocycles. The van der Waals surface area contributed by atoms with Crippen molar-refractivity contribution in [2.45, 2.75) is 26.2 Å². The number of hydrogen-bond donors (Lipinski definition) is 1. The van der Waals surface area contributed by atoms with Gasteiger partial charge in [0.05, 0.1) is 0 Å². The van der Waals surface area contributed by atoms with Gasteiger partial charge in [-0.25, -0.2) is 0 Å². The molecule has 3 heteroatoms. The van der Waals surface area contributed by atoms with Gasteiger partial charge in [0, 0.05) is 30.8 Å². The van der Waals surface area contributed by atoms with E-state index in [0.717, 1.165) is 31.5 Å². The highest BCUT2D eigenvalue weighted by molar-refractivity contribution is 5.86. The van der Waals surface area contributed by atoms with Crippen molar-refractivity contribution in [1.82, 2.24) is 10.3 Å². The number of pyridine rings is 1. The molecule has 2 rings (SSSR count). The molecule has 2 heterocycles. The van der Waals surface area contributed by atoms with Crippen LogP contribution in [0, 0.1) is 5.41 Å². The fraction of sp³-hybridized carbons (Fsp3) is 0.538. The Morgan fingerprint density at radius 1 is 1.50 bits per heavy atom. The molecular weight excluding hydrogens is 200 g/mol. The van der Waals surface area contributed by atoms with Crippen molar-refractivity contribution in [3.63, 3.8) is 0 Å². The van der Waals surface area contributed by atoms with Gasteiger partial charge >= 0.3 is 0 Å². The first-order valence-electron chi connectivity index (χ1n) is 5.84. The summed E-state index contributed by atoms with van der Waals surface area (Å²) < 4.78 is 0. The normalized spacial score (nSPS) is 25.3. The first-order chi connectivity index (χ1) is 7.71. The van der Waals surface area contributed by atoms with Crippen LogP contribution in [0.4, 0.5) is 0 Å². The smallest absolute Gasteiger partial charge is 0.144 e.